The van der Waals surface area contributed by atoms with Gasteiger partial charge in [0.25, 0.3) is 0 Å². The Morgan fingerprint density at radius 2 is 2.00 bits per heavy atom. The molecule has 0 saturated carbocycles. The van der Waals surface area contributed by atoms with Gasteiger partial charge in [0.15, 0.2) is 0 Å². The molecule has 0 aliphatic carbocycles. The molecule has 2 N–H and O–H groups in total. The Balaban J connectivity index is 1.88. The summed E-state index contributed by atoms with van der Waals surface area (Å²) in [5.74, 6) is 0. The van der Waals surface area contributed by atoms with E-state index < -0.39 is 0 Å². The average Bonchev–Trinajstić information content (AvgIpc) is 2.62. The van der Waals surface area contributed by atoms with Crippen LogP contribution in [0.3, 0.4) is 0 Å². The van der Waals surface area contributed by atoms with Crippen molar-refractivity contribution in [1.29, 1.82) is 0 Å². The Morgan fingerprint density at radius 3 is 2.89 bits per heavy atom. The first-order valence-corrected chi connectivity index (χ1v) is 7.01. The molecule has 0 bridgehead atoms. The third-order valence-corrected chi connectivity index (χ3v) is 3.76. The van der Waals surface area contributed by atoms with E-state index in [1.54, 1.807) is 0 Å². The molecule has 1 aliphatic heterocycles. The zero-order valence-corrected chi connectivity index (χ0v) is 11.5. The van der Waals surface area contributed by atoms with Crippen LogP contribution in [0.25, 0.3) is 0 Å². The van der Waals surface area contributed by atoms with Crippen molar-refractivity contribution in [1.82, 2.24) is 5.32 Å². The Kier molecular flexibility index (Phi) is 3.72. The Labute approximate surface area is 118 Å². The fourth-order valence-corrected chi connectivity index (χ4v) is 2.78. The summed E-state index contributed by atoms with van der Waals surface area (Å²) >= 11 is 6.04. The van der Waals surface area contributed by atoms with Crippen molar-refractivity contribution < 1.29 is 0 Å². The highest BCUT2D eigenvalue weighted by Gasteiger charge is 2.17. The fourth-order valence-electron chi connectivity index (χ4n) is 2.59. The SMILES string of the molecule is Clc1cccc(NC2CCNCc3ccccc32)c1. The van der Waals surface area contributed by atoms with Crippen LogP contribution in [-0.2, 0) is 6.54 Å². The molecule has 0 radical (unpaired) electrons. The van der Waals surface area contributed by atoms with Crippen LogP contribution in [0.15, 0.2) is 48.5 Å². The Bertz CT molecular complexity index is 568. The van der Waals surface area contributed by atoms with E-state index in [2.05, 4.69) is 41.0 Å². The quantitative estimate of drug-likeness (QED) is 0.864. The van der Waals surface area contributed by atoms with E-state index in [1.165, 1.54) is 11.1 Å². The molecule has 1 unspecified atom stereocenters. The molecule has 0 saturated heterocycles. The number of fused-ring (bicyclic) bond motifs is 1. The Morgan fingerprint density at radius 1 is 1.11 bits per heavy atom. The van der Waals surface area contributed by atoms with Crippen LogP contribution >= 0.6 is 11.6 Å². The van der Waals surface area contributed by atoms with E-state index in [0.717, 1.165) is 30.2 Å². The average molecular weight is 273 g/mol. The Hall–Kier alpha value is -1.51. The van der Waals surface area contributed by atoms with Crippen LogP contribution < -0.4 is 10.6 Å². The molecule has 0 spiro atoms. The summed E-state index contributed by atoms with van der Waals surface area (Å²) in [7, 11) is 0. The summed E-state index contributed by atoms with van der Waals surface area (Å²) in [4.78, 5) is 0. The second kappa shape index (κ2) is 5.64. The van der Waals surface area contributed by atoms with Gasteiger partial charge in [0.2, 0.25) is 0 Å². The molecule has 0 amide bonds. The largest absolute Gasteiger partial charge is 0.378 e. The molecule has 3 rings (SSSR count). The number of halogens is 1. The van der Waals surface area contributed by atoms with Crippen molar-refractivity contribution in [2.45, 2.75) is 19.0 Å². The van der Waals surface area contributed by atoms with Gasteiger partial charge in [-0.25, -0.2) is 0 Å². The van der Waals surface area contributed by atoms with E-state index in [1.807, 2.05) is 18.2 Å². The number of anilines is 1. The van der Waals surface area contributed by atoms with Crippen molar-refractivity contribution in [2.75, 3.05) is 11.9 Å². The third kappa shape index (κ3) is 2.91. The first-order chi connectivity index (χ1) is 9.33. The van der Waals surface area contributed by atoms with Crippen LogP contribution in [0.5, 0.6) is 0 Å². The summed E-state index contributed by atoms with van der Waals surface area (Å²) in [6.45, 7) is 1.97. The van der Waals surface area contributed by atoms with Crippen LogP contribution in [-0.4, -0.2) is 6.54 Å². The second-order valence-corrected chi connectivity index (χ2v) is 5.31. The lowest BCUT2D eigenvalue weighted by molar-refractivity contribution is 0.637. The predicted octanol–water partition coefficient (Wildman–Crippen LogP) is 3.99. The normalized spacial score (nSPS) is 18.5. The van der Waals surface area contributed by atoms with Crippen LogP contribution in [0, 0.1) is 0 Å². The monoisotopic (exact) mass is 272 g/mol. The van der Waals surface area contributed by atoms with E-state index >= 15 is 0 Å². The van der Waals surface area contributed by atoms with Gasteiger partial charge in [-0.1, -0.05) is 41.9 Å². The topological polar surface area (TPSA) is 24.1 Å². The van der Waals surface area contributed by atoms with Crippen LogP contribution in [0.1, 0.15) is 23.6 Å². The molecule has 2 aromatic carbocycles. The highest BCUT2D eigenvalue weighted by Crippen LogP contribution is 2.28. The minimum atomic E-state index is 0.338. The molecule has 0 fully saturated rings. The molecule has 98 valence electrons. The number of rotatable bonds is 2. The summed E-state index contributed by atoms with van der Waals surface area (Å²) in [5, 5.41) is 7.83. The highest BCUT2D eigenvalue weighted by molar-refractivity contribution is 6.30. The van der Waals surface area contributed by atoms with Crippen LogP contribution in [0.4, 0.5) is 5.69 Å². The molecule has 3 heteroatoms. The molecule has 19 heavy (non-hydrogen) atoms. The number of hydrogen-bond donors (Lipinski definition) is 2. The number of benzene rings is 2. The van der Waals surface area contributed by atoms with Gasteiger partial charge in [-0.2, -0.15) is 0 Å². The van der Waals surface area contributed by atoms with Crippen molar-refractivity contribution in [3.8, 4) is 0 Å². The van der Waals surface area contributed by atoms with Crippen LogP contribution in [0.2, 0.25) is 5.02 Å². The van der Waals surface area contributed by atoms with Gasteiger partial charge in [0.05, 0.1) is 6.04 Å². The second-order valence-electron chi connectivity index (χ2n) is 4.87. The maximum absolute atomic E-state index is 6.04. The van der Waals surface area contributed by atoms with Gasteiger partial charge in [-0.15, -0.1) is 0 Å². The molecular formula is C16H17ClN2. The molecule has 1 aliphatic rings. The molecule has 0 aromatic heterocycles. The van der Waals surface area contributed by atoms with E-state index in [-0.39, 0.29) is 0 Å². The maximum atomic E-state index is 6.04. The van der Waals surface area contributed by atoms with Gasteiger partial charge >= 0.3 is 0 Å². The fraction of sp³-hybridized carbons (Fsp3) is 0.250. The summed E-state index contributed by atoms with van der Waals surface area (Å²) < 4.78 is 0. The summed E-state index contributed by atoms with van der Waals surface area (Å²) in [5.41, 5.74) is 3.83. The van der Waals surface area contributed by atoms with Crippen molar-refractivity contribution in [3.05, 3.63) is 64.7 Å². The van der Waals surface area contributed by atoms with Gasteiger partial charge in [0.1, 0.15) is 0 Å². The van der Waals surface area contributed by atoms with Gasteiger partial charge < -0.3 is 10.6 Å². The van der Waals surface area contributed by atoms with Crippen molar-refractivity contribution in [3.63, 3.8) is 0 Å². The standard InChI is InChI=1S/C16H17ClN2/c17-13-5-3-6-14(10-13)19-16-8-9-18-11-12-4-1-2-7-15(12)16/h1-7,10,16,18-19H,8-9,11H2. The first-order valence-electron chi connectivity index (χ1n) is 6.63. The predicted molar refractivity (Wildman–Crippen MR) is 80.6 cm³/mol. The summed E-state index contributed by atoms with van der Waals surface area (Å²) in [6, 6.07) is 16.9. The zero-order chi connectivity index (χ0) is 13.1. The lowest BCUT2D eigenvalue weighted by Crippen LogP contribution is -2.15. The van der Waals surface area contributed by atoms with E-state index in [4.69, 9.17) is 11.6 Å². The summed E-state index contributed by atoms with van der Waals surface area (Å²) in [6.07, 6.45) is 1.07. The molecule has 2 aromatic rings. The lowest BCUT2D eigenvalue weighted by atomic mass is 9.99. The first kappa shape index (κ1) is 12.5. The third-order valence-electron chi connectivity index (χ3n) is 3.52. The molecule has 2 nitrogen and oxygen atoms in total. The minimum Gasteiger partial charge on any atom is -0.378 e. The minimum absolute atomic E-state index is 0.338. The van der Waals surface area contributed by atoms with Gasteiger partial charge in [-0.05, 0) is 42.3 Å². The van der Waals surface area contributed by atoms with Crippen molar-refractivity contribution >= 4 is 17.3 Å². The van der Waals surface area contributed by atoms with Crippen molar-refractivity contribution in [2.24, 2.45) is 0 Å². The van der Waals surface area contributed by atoms with Gasteiger partial charge in [0, 0.05) is 17.3 Å². The zero-order valence-electron chi connectivity index (χ0n) is 10.7. The van der Waals surface area contributed by atoms with E-state index in [9.17, 15) is 0 Å². The molecule has 1 atom stereocenters. The van der Waals surface area contributed by atoms with Gasteiger partial charge in [-0.3, -0.25) is 0 Å². The molecular weight excluding hydrogens is 256 g/mol. The number of nitrogens with one attached hydrogen (secondary N) is 2. The number of hydrogen-bond acceptors (Lipinski definition) is 2. The smallest absolute Gasteiger partial charge is 0.0529 e. The lowest BCUT2D eigenvalue weighted by Gasteiger charge is -2.20. The van der Waals surface area contributed by atoms with E-state index in [0.29, 0.717) is 6.04 Å². The molecule has 1 heterocycles. The maximum Gasteiger partial charge on any atom is 0.0529 e. The highest BCUT2D eigenvalue weighted by atomic mass is 35.5.